The first-order chi connectivity index (χ1) is 8.63. The van der Waals surface area contributed by atoms with Crippen LogP contribution in [0.1, 0.15) is 21.9 Å². The van der Waals surface area contributed by atoms with Crippen LogP contribution in [0.25, 0.3) is 0 Å². The van der Waals surface area contributed by atoms with Crippen LogP contribution in [-0.4, -0.2) is 27.9 Å². The van der Waals surface area contributed by atoms with Crippen molar-refractivity contribution >= 4 is 22.2 Å². The van der Waals surface area contributed by atoms with Crippen molar-refractivity contribution in [3.8, 4) is 5.88 Å². The highest BCUT2D eigenvalue weighted by molar-refractivity contribution is 9.10. The van der Waals surface area contributed by atoms with Crippen molar-refractivity contribution in [2.75, 3.05) is 7.11 Å². The third-order valence-corrected chi connectivity index (χ3v) is 3.09. The lowest BCUT2D eigenvalue weighted by Gasteiger charge is -2.07. The fraction of sp³-hybridized carbons (Fsp3) is 0.250. The molecule has 0 bridgehead atoms. The summed E-state index contributed by atoms with van der Waals surface area (Å²) in [5.41, 5.74) is 1.44. The van der Waals surface area contributed by atoms with E-state index >= 15 is 0 Å². The molecule has 2 rings (SSSR count). The Balaban J connectivity index is 2.25. The van der Waals surface area contributed by atoms with Gasteiger partial charge in [0.25, 0.3) is 0 Å². The van der Waals surface area contributed by atoms with Gasteiger partial charge in [0, 0.05) is 12.4 Å². The number of ether oxygens (including phenoxy) is 1. The Bertz CT molecular complexity index is 581. The minimum Gasteiger partial charge on any atom is -0.480 e. The first-order valence-electron chi connectivity index (χ1n) is 5.31. The smallest absolute Gasteiger partial charge is 0.227 e. The van der Waals surface area contributed by atoms with Gasteiger partial charge >= 0.3 is 0 Å². The zero-order chi connectivity index (χ0) is 13.1. The Morgan fingerprint density at radius 3 is 2.89 bits per heavy atom. The van der Waals surface area contributed by atoms with E-state index < -0.39 is 0 Å². The number of hydrogen-bond donors (Lipinski definition) is 0. The second kappa shape index (κ2) is 5.30. The summed E-state index contributed by atoms with van der Waals surface area (Å²) in [6.07, 6.45) is 4.20. The number of imidazole rings is 1. The molecule has 0 aromatic carbocycles. The number of carbonyl (C=O) groups is 1. The fourth-order valence-corrected chi connectivity index (χ4v) is 2.21. The molecule has 5 nitrogen and oxygen atoms in total. The predicted octanol–water partition coefficient (Wildman–Crippen LogP) is 2.22. The number of nitrogens with zero attached hydrogens (tertiary/aromatic N) is 3. The van der Waals surface area contributed by atoms with Crippen molar-refractivity contribution in [2.45, 2.75) is 13.5 Å². The summed E-state index contributed by atoms with van der Waals surface area (Å²) in [7, 11) is 1.57. The van der Waals surface area contributed by atoms with Crippen LogP contribution in [0.2, 0.25) is 0 Å². The molecule has 18 heavy (non-hydrogen) atoms. The highest BCUT2D eigenvalue weighted by Gasteiger charge is 2.07. The van der Waals surface area contributed by atoms with Crippen molar-refractivity contribution in [1.29, 1.82) is 0 Å². The molecule has 0 fully saturated rings. The molecule has 0 atom stereocenters. The maximum atomic E-state index is 10.6. The zero-order valence-electron chi connectivity index (χ0n) is 10.1. The van der Waals surface area contributed by atoms with Gasteiger partial charge in [-0.15, -0.1) is 0 Å². The number of methoxy groups -OCH3 is 1. The largest absolute Gasteiger partial charge is 0.480 e. The van der Waals surface area contributed by atoms with E-state index in [1.807, 2.05) is 17.6 Å². The van der Waals surface area contributed by atoms with Gasteiger partial charge < -0.3 is 9.30 Å². The molecule has 0 aliphatic carbocycles. The molecular formula is C12H12BrN3O2. The normalized spacial score (nSPS) is 10.4. The van der Waals surface area contributed by atoms with Crippen molar-refractivity contribution in [3.63, 3.8) is 0 Å². The summed E-state index contributed by atoms with van der Waals surface area (Å²) < 4.78 is 7.78. The van der Waals surface area contributed by atoms with Crippen LogP contribution >= 0.6 is 15.9 Å². The van der Waals surface area contributed by atoms with E-state index in [0.29, 0.717) is 18.1 Å². The van der Waals surface area contributed by atoms with Crippen molar-refractivity contribution in [2.24, 2.45) is 0 Å². The van der Waals surface area contributed by atoms with Gasteiger partial charge in [-0.2, -0.15) is 0 Å². The molecule has 2 heterocycles. The number of aldehydes is 1. The Hall–Kier alpha value is -1.69. The number of aromatic nitrogens is 3. The molecule has 0 radical (unpaired) electrons. The highest BCUT2D eigenvalue weighted by atomic mass is 79.9. The molecule has 0 amide bonds. The van der Waals surface area contributed by atoms with Gasteiger partial charge in [0.1, 0.15) is 11.5 Å². The minimum absolute atomic E-state index is 0.438. The number of carbonyl (C=O) groups excluding carboxylic acids is 1. The maximum Gasteiger partial charge on any atom is 0.227 e. The van der Waals surface area contributed by atoms with Crippen molar-refractivity contribution in [1.82, 2.24) is 14.5 Å². The summed E-state index contributed by atoms with van der Waals surface area (Å²) in [6.45, 7) is 2.47. The number of pyridine rings is 1. The topological polar surface area (TPSA) is 57.0 Å². The van der Waals surface area contributed by atoms with Gasteiger partial charge in [-0.3, -0.25) is 4.79 Å². The van der Waals surface area contributed by atoms with Crippen LogP contribution in [0.15, 0.2) is 22.9 Å². The monoisotopic (exact) mass is 309 g/mol. The molecule has 2 aromatic heterocycles. The van der Waals surface area contributed by atoms with Crippen molar-refractivity contribution in [3.05, 3.63) is 40.0 Å². The number of hydrogen-bond acceptors (Lipinski definition) is 4. The zero-order valence-corrected chi connectivity index (χ0v) is 11.6. The Morgan fingerprint density at radius 2 is 2.33 bits per heavy atom. The van der Waals surface area contributed by atoms with Gasteiger partial charge in [0.05, 0.1) is 18.1 Å². The minimum atomic E-state index is 0.438. The van der Waals surface area contributed by atoms with Crippen LogP contribution in [0.4, 0.5) is 0 Å². The Kier molecular flexibility index (Phi) is 3.76. The van der Waals surface area contributed by atoms with Crippen LogP contribution < -0.4 is 4.74 Å². The Morgan fingerprint density at radius 1 is 1.56 bits per heavy atom. The summed E-state index contributed by atoms with van der Waals surface area (Å²) in [5.74, 6) is 1.35. The summed E-state index contributed by atoms with van der Waals surface area (Å²) in [4.78, 5) is 18.9. The van der Waals surface area contributed by atoms with E-state index in [1.54, 1.807) is 19.5 Å². The van der Waals surface area contributed by atoms with E-state index in [1.165, 1.54) is 0 Å². The molecule has 0 unspecified atom stereocenters. The quantitative estimate of drug-likeness (QED) is 0.813. The lowest BCUT2D eigenvalue weighted by molar-refractivity contribution is 0.111. The standard InChI is InChI=1S/C12H12BrN3O2/c1-8-15-10(7-17)6-16(8)5-9-3-11(13)12(18-2)14-4-9/h3-4,6-7H,5H2,1-2H3. The van der Waals surface area contributed by atoms with Gasteiger partial charge in [0.15, 0.2) is 6.29 Å². The van der Waals surface area contributed by atoms with E-state index in [2.05, 4.69) is 25.9 Å². The van der Waals surface area contributed by atoms with E-state index in [4.69, 9.17) is 4.74 Å². The Labute approximate surface area is 113 Å². The predicted molar refractivity (Wildman–Crippen MR) is 69.9 cm³/mol. The third-order valence-electron chi connectivity index (χ3n) is 2.53. The molecule has 94 valence electrons. The SMILES string of the molecule is COc1ncc(Cn2cc(C=O)nc2C)cc1Br. The first kappa shape index (κ1) is 12.8. The average Bonchev–Trinajstić information content (AvgIpc) is 2.70. The average molecular weight is 310 g/mol. The lowest BCUT2D eigenvalue weighted by atomic mass is 10.3. The molecule has 6 heteroatoms. The van der Waals surface area contributed by atoms with E-state index in [0.717, 1.165) is 22.1 Å². The van der Waals surface area contributed by atoms with E-state index in [-0.39, 0.29) is 0 Å². The van der Waals surface area contributed by atoms with Gasteiger partial charge in [-0.25, -0.2) is 9.97 Å². The molecule has 0 saturated carbocycles. The molecule has 0 aliphatic heterocycles. The van der Waals surface area contributed by atoms with Crippen LogP contribution in [0.3, 0.4) is 0 Å². The second-order valence-electron chi connectivity index (χ2n) is 3.79. The number of aryl methyl sites for hydroxylation is 1. The van der Waals surface area contributed by atoms with Gasteiger partial charge in [-0.1, -0.05) is 0 Å². The number of rotatable bonds is 4. The maximum absolute atomic E-state index is 10.6. The summed E-state index contributed by atoms with van der Waals surface area (Å²) in [6, 6.07) is 1.94. The van der Waals surface area contributed by atoms with Crippen LogP contribution in [0.5, 0.6) is 5.88 Å². The molecule has 0 N–H and O–H groups in total. The van der Waals surface area contributed by atoms with Crippen LogP contribution in [0, 0.1) is 6.92 Å². The fourth-order valence-electron chi connectivity index (χ4n) is 1.65. The van der Waals surface area contributed by atoms with Crippen LogP contribution in [-0.2, 0) is 6.54 Å². The molecule has 0 spiro atoms. The summed E-state index contributed by atoms with van der Waals surface area (Å²) in [5, 5.41) is 0. The summed E-state index contributed by atoms with van der Waals surface area (Å²) >= 11 is 3.39. The van der Waals surface area contributed by atoms with Crippen molar-refractivity contribution < 1.29 is 9.53 Å². The molecule has 0 saturated heterocycles. The lowest BCUT2D eigenvalue weighted by Crippen LogP contribution is -2.02. The third kappa shape index (κ3) is 2.59. The molecule has 0 aliphatic rings. The van der Waals surface area contributed by atoms with E-state index in [9.17, 15) is 4.79 Å². The first-order valence-corrected chi connectivity index (χ1v) is 6.10. The molecular weight excluding hydrogens is 298 g/mol. The molecule has 2 aromatic rings. The van der Waals surface area contributed by atoms with Gasteiger partial charge in [0.2, 0.25) is 5.88 Å². The highest BCUT2D eigenvalue weighted by Crippen LogP contribution is 2.23. The second-order valence-corrected chi connectivity index (χ2v) is 4.65. The van der Waals surface area contributed by atoms with Gasteiger partial charge in [-0.05, 0) is 34.5 Å². The number of halogens is 1.